The molecule has 1 unspecified atom stereocenters. The summed E-state index contributed by atoms with van der Waals surface area (Å²) in [4.78, 5) is 9.14. The summed E-state index contributed by atoms with van der Waals surface area (Å²) in [7, 11) is 0. The Morgan fingerprint density at radius 1 is 1.22 bits per heavy atom. The number of rotatable bonds is 6. The summed E-state index contributed by atoms with van der Waals surface area (Å²) in [5.74, 6) is 0. The van der Waals surface area contributed by atoms with Crippen molar-refractivity contribution in [2.75, 3.05) is 6.54 Å². The Morgan fingerprint density at radius 2 is 2.06 bits per heavy atom. The molecule has 2 heterocycles. The van der Waals surface area contributed by atoms with Crippen LogP contribution in [0.4, 0.5) is 0 Å². The van der Waals surface area contributed by atoms with Crippen LogP contribution in [0.3, 0.4) is 0 Å². The highest BCUT2D eigenvalue weighted by Gasteiger charge is 2.16. The van der Waals surface area contributed by atoms with Gasteiger partial charge in [0.05, 0.1) is 21.8 Å². The molecule has 0 aliphatic carbocycles. The third kappa shape index (κ3) is 3.60. The van der Waals surface area contributed by atoms with E-state index in [4.69, 9.17) is 0 Å². The molecule has 0 spiro atoms. The lowest BCUT2D eigenvalue weighted by atomic mass is 10.1. The minimum Gasteiger partial charge on any atom is -0.308 e. The molecule has 5 heteroatoms. The van der Waals surface area contributed by atoms with Crippen LogP contribution in [0.15, 0.2) is 10.8 Å². The van der Waals surface area contributed by atoms with E-state index in [0.29, 0.717) is 6.04 Å². The van der Waals surface area contributed by atoms with Crippen LogP contribution in [0.1, 0.15) is 40.8 Å². The standard InChI is InChI=1S/C13H19N3S2/c1-4-5-14-11(12-8-17-10(3)16-12)6-13-15-9(2)7-18-13/h7-8,11,14H,4-6H2,1-3H3. The van der Waals surface area contributed by atoms with Gasteiger partial charge in [-0.05, 0) is 26.8 Å². The van der Waals surface area contributed by atoms with Crippen LogP contribution in [0.25, 0.3) is 0 Å². The number of hydrogen-bond acceptors (Lipinski definition) is 5. The van der Waals surface area contributed by atoms with Crippen molar-refractivity contribution in [1.29, 1.82) is 0 Å². The Bertz CT molecular complexity index is 490. The summed E-state index contributed by atoms with van der Waals surface area (Å²) in [6.45, 7) is 7.30. The lowest BCUT2D eigenvalue weighted by Gasteiger charge is -2.15. The number of nitrogens with zero attached hydrogens (tertiary/aromatic N) is 2. The van der Waals surface area contributed by atoms with Gasteiger partial charge in [-0.2, -0.15) is 0 Å². The highest BCUT2D eigenvalue weighted by atomic mass is 32.1. The van der Waals surface area contributed by atoms with Gasteiger partial charge in [-0.3, -0.25) is 0 Å². The normalized spacial score (nSPS) is 12.8. The number of aryl methyl sites for hydroxylation is 2. The Kier molecular flexibility index (Phi) is 4.86. The van der Waals surface area contributed by atoms with Crippen LogP contribution in [0, 0.1) is 13.8 Å². The molecule has 18 heavy (non-hydrogen) atoms. The molecule has 3 nitrogen and oxygen atoms in total. The van der Waals surface area contributed by atoms with Gasteiger partial charge in [-0.25, -0.2) is 9.97 Å². The first-order chi connectivity index (χ1) is 8.69. The van der Waals surface area contributed by atoms with Gasteiger partial charge in [0.2, 0.25) is 0 Å². The second-order valence-corrected chi connectivity index (χ2v) is 6.39. The average molecular weight is 281 g/mol. The van der Waals surface area contributed by atoms with Gasteiger partial charge < -0.3 is 5.32 Å². The number of hydrogen-bond donors (Lipinski definition) is 1. The molecule has 2 rings (SSSR count). The lowest BCUT2D eigenvalue weighted by Crippen LogP contribution is -2.24. The molecule has 0 amide bonds. The maximum absolute atomic E-state index is 4.60. The van der Waals surface area contributed by atoms with Gasteiger partial charge in [0, 0.05) is 22.9 Å². The summed E-state index contributed by atoms with van der Waals surface area (Å²) in [6, 6.07) is 0.292. The third-order valence-electron chi connectivity index (χ3n) is 2.68. The number of thiazole rings is 2. The van der Waals surface area contributed by atoms with Crippen molar-refractivity contribution in [1.82, 2.24) is 15.3 Å². The maximum Gasteiger partial charge on any atom is 0.0947 e. The molecular weight excluding hydrogens is 262 g/mol. The van der Waals surface area contributed by atoms with Crippen molar-refractivity contribution in [2.24, 2.45) is 0 Å². The van der Waals surface area contributed by atoms with E-state index >= 15 is 0 Å². The Balaban J connectivity index is 2.09. The van der Waals surface area contributed by atoms with Crippen molar-refractivity contribution in [3.8, 4) is 0 Å². The van der Waals surface area contributed by atoms with Crippen molar-refractivity contribution in [3.63, 3.8) is 0 Å². The smallest absolute Gasteiger partial charge is 0.0947 e. The Labute approximate surface area is 116 Å². The van der Waals surface area contributed by atoms with Crippen LogP contribution < -0.4 is 5.32 Å². The van der Waals surface area contributed by atoms with Crippen molar-refractivity contribution >= 4 is 22.7 Å². The Hall–Kier alpha value is -0.780. The second kappa shape index (κ2) is 6.41. The summed E-state index contributed by atoms with van der Waals surface area (Å²) in [5, 5.41) is 10.1. The summed E-state index contributed by atoms with van der Waals surface area (Å²) in [6.07, 6.45) is 2.07. The topological polar surface area (TPSA) is 37.8 Å². The lowest BCUT2D eigenvalue weighted by molar-refractivity contribution is 0.518. The largest absolute Gasteiger partial charge is 0.308 e. The molecule has 2 aromatic heterocycles. The van der Waals surface area contributed by atoms with E-state index < -0.39 is 0 Å². The van der Waals surface area contributed by atoms with Gasteiger partial charge in [-0.15, -0.1) is 22.7 Å². The van der Waals surface area contributed by atoms with Gasteiger partial charge >= 0.3 is 0 Å². The molecule has 1 N–H and O–H groups in total. The zero-order chi connectivity index (χ0) is 13.0. The van der Waals surface area contributed by atoms with Crippen LogP contribution in [0.2, 0.25) is 0 Å². The summed E-state index contributed by atoms with van der Waals surface area (Å²) in [5.41, 5.74) is 2.26. The van der Waals surface area contributed by atoms with E-state index in [-0.39, 0.29) is 0 Å². The zero-order valence-corrected chi connectivity index (χ0v) is 12.7. The quantitative estimate of drug-likeness (QED) is 0.880. The molecule has 0 fully saturated rings. The highest BCUT2D eigenvalue weighted by Crippen LogP contribution is 2.22. The molecule has 0 aliphatic heterocycles. The first kappa shape index (κ1) is 13.6. The van der Waals surface area contributed by atoms with E-state index in [1.165, 1.54) is 5.01 Å². The molecule has 0 bridgehead atoms. The van der Waals surface area contributed by atoms with Crippen LogP contribution >= 0.6 is 22.7 Å². The molecule has 98 valence electrons. The monoisotopic (exact) mass is 281 g/mol. The van der Waals surface area contributed by atoms with Gasteiger partial charge in [0.25, 0.3) is 0 Å². The van der Waals surface area contributed by atoms with Gasteiger partial charge in [-0.1, -0.05) is 6.92 Å². The maximum atomic E-state index is 4.60. The molecule has 0 aromatic carbocycles. The predicted molar refractivity (Wildman–Crippen MR) is 78.4 cm³/mol. The van der Waals surface area contributed by atoms with Gasteiger partial charge in [0.1, 0.15) is 0 Å². The fourth-order valence-electron chi connectivity index (χ4n) is 1.81. The van der Waals surface area contributed by atoms with Crippen molar-refractivity contribution in [3.05, 3.63) is 32.2 Å². The zero-order valence-electron chi connectivity index (χ0n) is 11.1. The second-order valence-electron chi connectivity index (χ2n) is 4.38. The van der Waals surface area contributed by atoms with E-state index in [0.717, 1.165) is 35.8 Å². The van der Waals surface area contributed by atoms with E-state index in [1.54, 1.807) is 22.7 Å². The van der Waals surface area contributed by atoms with E-state index in [9.17, 15) is 0 Å². The first-order valence-corrected chi connectivity index (χ1v) is 8.01. The molecule has 0 radical (unpaired) electrons. The molecule has 0 saturated heterocycles. The van der Waals surface area contributed by atoms with Crippen LogP contribution in [-0.4, -0.2) is 16.5 Å². The molecule has 0 aliphatic rings. The minimum atomic E-state index is 0.292. The highest BCUT2D eigenvalue weighted by molar-refractivity contribution is 7.10. The SMILES string of the molecule is CCCNC(Cc1nc(C)cs1)c1csc(C)n1. The number of aromatic nitrogens is 2. The first-order valence-electron chi connectivity index (χ1n) is 6.25. The van der Waals surface area contributed by atoms with Crippen molar-refractivity contribution < 1.29 is 0 Å². The third-order valence-corrected chi connectivity index (χ3v) is 4.46. The number of nitrogens with one attached hydrogen (secondary N) is 1. The van der Waals surface area contributed by atoms with E-state index in [2.05, 4.69) is 39.9 Å². The summed E-state index contributed by atoms with van der Waals surface area (Å²) < 4.78 is 0. The average Bonchev–Trinajstić information content (AvgIpc) is 2.93. The summed E-state index contributed by atoms with van der Waals surface area (Å²) >= 11 is 3.45. The van der Waals surface area contributed by atoms with Crippen LogP contribution in [0.5, 0.6) is 0 Å². The predicted octanol–water partition coefficient (Wildman–Crippen LogP) is 3.50. The molecule has 2 aromatic rings. The Morgan fingerprint density at radius 3 is 2.61 bits per heavy atom. The fourth-order valence-corrected chi connectivity index (χ4v) is 3.30. The van der Waals surface area contributed by atoms with Crippen molar-refractivity contribution in [2.45, 2.75) is 39.7 Å². The molecular formula is C13H19N3S2. The molecule has 0 saturated carbocycles. The van der Waals surface area contributed by atoms with Crippen LogP contribution in [-0.2, 0) is 6.42 Å². The fraction of sp³-hybridized carbons (Fsp3) is 0.538. The minimum absolute atomic E-state index is 0.292. The molecule has 1 atom stereocenters. The van der Waals surface area contributed by atoms with E-state index in [1.807, 2.05) is 6.92 Å². The van der Waals surface area contributed by atoms with Gasteiger partial charge in [0.15, 0.2) is 0 Å².